The van der Waals surface area contributed by atoms with Gasteiger partial charge < -0.3 is 5.32 Å². The van der Waals surface area contributed by atoms with E-state index in [1.165, 1.54) is 12.1 Å². The third kappa shape index (κ3) is 2.09. The monoisotopic (exact) mass is 208 g/mol. The van der Waals surface area contributed by atoms with Crippen LogP contribution in [-0.4, -0.2) is 19.1 Å². The van der Waals surface area contributed by atoms with Gasteiger partial charge >= 0.3 is 6.03 Å². The SMILES string of the molecule is Cc1cc(F)cc(N2CCCNC2=O)c1. The van der Waals surface area contributed by atoms with E-state index >= 15 is 0 Å². The average molecular weight is 208 g/mol. The Morgan fingerprint density at radius 1 is 1.40 bits per heavy atom. The maximum absolute atomic E-state index is 13.2. The molecule has 80 valence electrons. The number of nitrogens with one attached hydrogen (secondary N) is 1. The van der Waals surface area contributed by atoms with Crippen LogP contribution in [0.3, 0.4) is 0 Å². The molecular weight excluding hydrogens is 195 g/mol. The number of aryl methyl sites for hydroxylation is 1. The topological polar surface area (TPSA) is 32.3 Å². The van der Waals surface area contributed by atoms with Gasteiger partial charge in [0.25, 0.3) is 0 Å². The van der Waals surface area contributed by atoms with Crippen molar-refractivity contribution in [3.8, 4) is 0 Å². The smallest absolute Gasteiger partial charge is 0.321 e. The lowest BCUT2D eigenvalue weighted by Crippen LogP contribution is -2.46. The molecule has 1 fully saturated rings. The zero-order valence-electron chi connectivity index (χ0n) is 8.59. The summed E-state index contributed by atoms with van der Waals surface area (Å²) < 4.78 is 13.2. The molecule has 15 heavy (non-hydrogen) atoms. The Morgan fingerprint density at radius 3 is 2.87 bits per heavy atom. The van der Waals surface area contributed by atoms with E-state index < -0.39 is 0 Å². The first-order valence-electron chi connectivity index (χ1n) is 4.99. The van der Waals surface area contributed by atoms with Crippen molar-refractivity contribution in [2.45, 2.75) is 13.3 Å². The summed E-state index contributed by atoms with van der Waals surface area (Å²) >= 11 is 0. The number of benzene rings is 1. The van der Waals surface area contributed by atoms with Crippen LogP contribution in [0.4, 0.5) is 14.9 Å². The third-order valence-corrected chi connectivity index (χ3v) is 2.42. The highest BCUT2D eigenvalue weighted by Crippen LogP contribution is 2.19. The van der Waals surface area contributed by atoms with Crippen molar-refractivity contribution in [1.29, 1.82) is 0 Å². The number of anilines is 1. The van der Waals surface area contributed by atoms with E-state index in [1.807, 2.05) is 13.0 Å². The highest BCUT2D eigenvalue weighted by molar-refractivity contribution is 5.92. The standard InChI is InChI=1S/C11H13FN2O/c1-8-5-9(12)7-10(6-8)14-4-2-3-13-11(14)15/h5-7H,2-4H2,1H3,(H,13,15). The minimum atomic E-state index is -0.302. The molecular formula is C11H13FN2O. The molecule has 0 aliphatic carbocycles. The first kappa shape index (κ1) is 9.96. The second-order valence-electron chi connectivity index (χ2n) is 3.72. The average Bonchev–Trinajstić information content (AvgIpc) is 2.16. The lowest BCUT2D eigenvalue weighted by atomic mass is 10.2. The van der Waals surface area contributed by atoms with E-state index in [4.69, 9.17) is 0 Å². The Balaban J connectivity index is 2.31. The molecule has 0 saturated carbocycles. The second kappa shape index (κ2) is 3.88. The molecule has 0 radical (unpaired) electrons. The molecule has 1 saturated heterocycles. The lowest BCUT2D eigenvalue weighted by molar-refractivity contribution is 0.243. The van der Waals surface area contributed by atoms with Gasteiger partial charge in [0, 0.05) is 18.8 Å². The van der Waals surface area contributed by atoms with Crippen LogP contribution in [0.15, 0.2) is 18.2 Å². The summed E-state index contributed by atoms with van der Waals surface area (Å²) in [5, 5.41) is 2.73. The van der Waals surface area contributed by atoms with Crippen LogP contribution in [0.2, 0.25) is 0 Å². The van der Waals surface area contributed by atoms with Gasteiger partial charge in [-0.2, -0.15) is 0 Å². The van der Waals surface area contributed by atoms with Crippen molar-refractivity contribution in [2.75, 3.05) is 18.0 Å². The Hall–Kier alpha value is -1.58. The quantitative estimate of drug-likeness (QED) is 0.752. The molecule has 1 aromatic rings. The van der Waals surface area contributed by atoms with Crippen molar-refractivity contribution < 1.29 is 9.18 Å². The summed E-state index contributed by atoms with van der Waals surface area (Å²) in [5.74, 6) is -0.302. The first-order chi connectivity index (χ1) is 7.16. The minimum absolute atomic E-state index is 0.147. The van der Waals surface area contributed by atoms with E-state index in [0.29, 0.717) is 18.8 Å². The number of carbonyl (C=O) groups is 1. The van der Waals surface area contributed by atoms with Crippen LogP contribution in [0, 0.1) is 12.7 Å². The lowest BCUT2D eigenvalue weighted by Gasteiger charge is -2.27. The number of amides is 2. The molecule has 4 heteroatoms. The molecule has 2 rings (SSSR count). The fourth-order valence-electron chi connectivity index (χ4n) is 1.75. The van der Waals surface area contributed by atoms with Gasteiger partial charge in [0.1, 0.15) is 5.82 Å². The Labute approximate surface area is 87.9 Å². The molecule has 0 unspecified atom stereocenters. The van der Waals surface area contributed by atoms with E-state index in [-0.39, 0.29) is 11.8 Å². The molecule has 3 nitrogen and oxygen atoms in total. The van der Waals surface area contributed by atoms with E-state index in [0.717, 1.165) is 12.0 Å². The highest BCUT2D eigenvalue weighted by Gasteiger charge is 2.19. The normalized spacial score (nSPS) is 16.4. The molecule has 1 heterocycles. The Bertz CT molecular complexity index is 372. The summed E-state index contributed by atoms with van der Waals surface area (Å²) in [6, 6.07) is 4.50. The van der Waals surface area contributed by atoms with Gasteiger partial charge in [-0.15, -0.1) is 0 Å². The summed E-state index contributed by atoms with van der Waals surface area (Å²) in [7, 11) is 0. The van der Waals surface area contributed by atoms with Gasteiger partial charge in [0.2, 0.25) is 0 Å². The van der Waals surface area contributed by atoms with Crippen LogP contribution >= 0.6 is 0 Å². The first-order valence-corrected chi connectivity index (χ1v) is 4.99. The van der Waals surface area contributed by atoms with Crippen LogP contribution < -0.4 is 10.2 Å². The third-order valence-electron chi connectivity index (χ3n) is 2.42. The van der Waals surface area contributed by atoms with Crippen LogP contribution in [0.25, 0.3) is 0 Å². The summed E-state index contributed by atoms with van der Waals surface area (Å²) in [6.45, 7) is 3.16. The van der Waals surface area contributed by atoms with Crippen LogP contribution in [-0.2, 0) is 0 Å². The fourth-order valence-corrected chi connectivity index (χ4v) is 1.75. The van der Waals surface area contributed by atoms with E-state index in [2.05, 4.69) is 5.32 Å². The van der Waals surface area contributed by atoms with Gasteiger partial charge in [-0.05, 0) is 37.1 Å². The Morgan fingerprint density at radius 2 is 2.20 bits per heavy atom. The van der Waals surface area contributed by atoms with Crippen LogP contribution in [0.1, 0.15) is 12.0 Å². The minimum Gasteiger partial charge on any atom is -0.338 e. The van der Waals surface area contributed by atoms with Gasteiger partial charge in [-0.3, -0.25) is 4.90 Å². The van der Waals surface area contributed by atoms with Gasteiger partial charge in [0.05, 0.1) is 0 Å². The van der Waals surface area contributed by atoms with Crippen molar-refractivity contribution >= 4 is 11.7 Å². The molecule has 0 bridgehead atoms. The molecule has 1 aliphatic heterocycles. The fraction of sp³-hybridized carbons (Fsp3) is 0.364. The molecule has 0 aromatic heterocycles. The summed E-state index contributed by atoms with van der Waals surface area (Å²) in [4.78, 5) is 13.1. The maximum atomic E-state index is 13.2. The van der Waals surface area contributed by atoms with Crippen molar-refractivity contribution in [2.24, 2.45) is 0 Å². The molecule has 1 aliphatic rings. The molecule has 0 atom stereocenters. The van der Waals surface area contributed by atoms with E-state index in [1.54, 1.807) is 4.90 Å². The number of hydrogen-bond acceptors (Lipinski definition) is 1. The second-order valence-corrected chi connectivity index (χ2v) is 3.72. The predicted octanol–water partition coefficient (Wildman–Crippen LogP) is 2.05. The largest absolute Gasteiger partial charge is 0.338 e. The predicted molar refractivity (Wildman–Crippen MR) is 56.5 cm³/mol. The molecule has 1 N–H and O–H groups in total. The Kier molecular flexibility index (Phi) is 2.58. The zero-order valence-corrected chi connectivity index (χ0v) is 8.59. The highest BCUT2D eigenvalue weighted by atomic mass is 19.1. The summed E-state index contributed by atoms with van der Waals surface area (Å²) in [6.07, 6.45) is 0.890. The van der Waals surface area contributed by atoms with Gasteiger partial charge in [0.15, 0.2) is 0 Å². The van der Waals surface area contributed by atoms with E-state index in [9.17, 15) is 9.18 Å². The molecule has 2 amide bonds. The number of nitrogens with zero attached hydrogens (tertiary/aromatic N) is 1. The number of hydrogen-bond donors (Lipinski definition) is 1. The van der Waals surface area contributed by atoms with Crippen molar-refractivity contribution in [1.82, 2.24) is 5.32 Å². The molecule has 1 aromatic carbocycles. The number of halogens is 1. The number of urea groups is 1. The van der Waals surface area contributed by atoms with Crippen LogP contribution in [0.5, 0.6) is 0 Å². The number of rotatable bonds is 1. The number of carbonyl (C=O) groups excluding carboxylic acids is 1. The van der Waals surface area contributed by atoms with Crippen molar-refractivity contribution in [3.05, 3.63) is 29.6 Å². The molecule has 0 spiro atoms. The van der Waals surface area contributed by atoms with Crippen molar-refractivity contribution in [3.63, 3.8) is 0 Å². The van der Waals surface area contributed by atoms with Gasteiger partial charge in [-0.1, -0.05) is 0 Å². The van der Waals surface area contributed by atoms with Gasteiger partial charge in [-0.25, -0.2) is 9.18 Å². The zero-order chi connectivity index (χ0) is 10.8. The summed E-state index contributed by atoms with van der Waals surface area (Å²) in [5.41, 5.74) is 1.45. The maximum Gasteiger partial charge on any atom is 0.321 e.